The summed E-state index contributed by atoms with van der Waals surface area (Å²) in [5.74, 6) is 1.85. The Hall–Kier alpha value is -0.0800. The highest BCUT2D eigenvalue weighted by atomic mass is 16.5. The summed E-state index contributed by atoms with van der Waals surface area (Å²) in [7, 11) is 0. The van der Waals surface area contributed by atoms with E-state index in [-0.39, 0.29) is 0 Å². The topological polar surface area (TPSA) is 21.3 Å². The Morgan fingerprint density at radius 1 is 1.05 bits per heavy atom. The molecule has 0 aromatic carbocycles. The summed E-state index contributed by atoms with van der Waals surface area (Å²) in [5.41, 5.74) is 0.981. The average Bonchev–Trinajstić information content (AvgIpc) is 2.39. The molecule has 1 heterocycles. The molecule has 0 aromatic heterocycles. The highest BCUT2D eigenvalue weighted by Gasteiger charge is 2.30. The van der Waals surface area contributed by atoms with E-state index < -0.39 is 0 Å². The zero-order valence-corrected chi connectivity index (χ0v) is 14.1. The second-order valence-electron chi connectivity index (χ2n) is 8.64. The van der Waals surface area contributed by atoms with Crippen LogP contribution in [0.3, 0.4) is 0 Å². The molecule has 0 radical (unpaired) electrons. The van der Waals surface area contributed by atoms with Gasteiger partial charge in [-0.2, -0.15) is 0 Å². The first-order valence-electron chi connectivity index (χ1n) is 8.68. The van der Waals surface area contributed by atoms with Crippen molar-refractivity contribution in [1.82, 2.24) is 5.32 Å². The predicted octanol–water partition coefficient (Wildman–Crippen LogP) is 4.25. The Kier molecular flexibility index (Phi) is 5.53. The molecule has 0 bridgehead atoms. The van der Waals surface area contributed by atoms with Gasteiger partial charge >= 0.3 is 0 Å². The van der Waals surface area contributed by atoms with E-state index in [9.17, 15) is 0 Å². The zero-order chi connectivity index (χ0) is 14.6. The van der Waals surface area contributed by atoms with Crippen LogP contribution in [0.1, 0.15) is 66.2 Å². The molecule has 0 spiro atoms. The van der Waals surface area contributed by atoms with E-state index >= 15 is 0 Å². The van der Waals surface area contributed by atoms with E-state index in [0.29, 0.717) is 10.8 Å². The van der Waals surface area contributed by atoms with Gasteiger partial charge in [0.1, 0.15) is 0 Å². The van der Waals surface area contributed by atoms with Gasteiger partial charge in [0.05, 0.1) is 0 Å². The highest BCUT2D eigenvalue weighted by Crippen LogP contribution is 2.39. The third-order valence-electron chi connectivity index (χ3n) is 5.76. The van der Waals surface area contributed by atoms with Crippen LogP contribution in [-0.4, -0.2) is 26.3 Å². The molecule has 0 unspecified atom stereocenters. The van der Waals surface area contributed by atoms with Gasteiger partial charge in [0.2, 0.25) is 0 Å². The minimum atomic E-state index is 0.473. The fourth-order valence-corrected chi connectivity index (χ4v) is 3.85. The van der Waals surface area contributed by atoms with Gasteiger partial charge < -0.3 is 10.1 Å². The van der Waals surface area contributed by atoms with Crippen LogP contribution < -0.4 is 5.32 Å². The Morgan fingerprint density at radius 3 is 2.20 bits per heavy atom. The van der Waals surface area contributed by atoms with Gasteiger partial charge in [0.25, 0.3) is 0 Å². The van der Waals surface area contributed by atoms with Crippen molar-refractivity contribution in [2.75, 3.05) is 26.3 Å². The maximum Gasteiger partial charge on any atom is 0.0471 e. The number of rotatable bonds is 4. The largest absolute Gasteiger partial charge is 0.381 e. The standard InChI is InChI=1S/C18H35NO/c1-17(2,3)16-7-5-15(6-8-16)13-19-14-18(4)9-11-20-12-10-18/h15-16,19H,5-14H2,1-4H3. The maximum atomic E-state index is 5.48. The first-order valence-corrected chi connectivity index (χ1v) is 8.68. The first-order chi connectivity index (χ1) is 9.39. The lowest BCUT2D eigenvalue weighted by atomic mass is 9.70. The SMILES string of the molecule is CC1(CNCC2CCC(C(C)(C)C)CC2)CCOCC1. The van der Waals surface area contributed by atoms with Gasteiger partial charge in [-0.25, -0.2) is 0 Å². The summed E-state index contributed by atoms with van der Waals surface area (Å²) in [5, 5.41) is 3.76. The Morgan fingerprint density at radius 2 is 1.65 bits per heavy atom. The minimum absolute atomic E-state index is 0.473. The van der Waals surface area contributed by atoms with Gasteiger partial charge in [-0.15, -0.1) is 0 Å². The molecule has 1 N–H and O–H groups in total. The Labute approximate surface area is 126 Å². The van der Waals surface area contributed by atoms with Crippen LogP contribution in [-0.2, 0) is 4.74 Å². The lowest BCUT2D eigenvalue weighted by Gasteiger charge is -2.38. The second kappa shape index (κ2) is 6.79. The summed E-state index contributed by atoms with van der Waals surface area (Å²) in [6.07, 6.45) is 8.15. The van der Waals surface area contributed by atoms with Crippen LogP contribution in [0.2, 0.25) is 0 Å². The number of hydrogen-bond donors (Lipinski definition) is 1. The average molecular weight is 281 g/mol. The second-order valence-corrected chi connectivity index (χ2v) is 8.64. The van der Waals surface area contributed by atoms with Crippen LogP contribution in [0.25, 0.3) is 0 Å². The molecule has 2 aliphatic rings. The summed E-state index contributed by atoms with van der Waals surface area (Å²) < 4.78 is 5.48. The number of ether oxygens (including phenoxy) is 1. The Bertz CT molecular complexity index is 280. The fraction of sp³-hybridized carbons (Fsp3) is 1.00. The molecule has 0 amide bonds. The molecule has 2 heteroatoms. The Balaban J connectivity index is 1.64. The molecule has 1 saturated heterocycles. The number of hydrogen-bond acceptors (Lipinski definition) is 2. The predicted molar refractivity (Wildman–Crippen MR) is 85.9 cm³/mol. The molecule has 2 rings (SSSR count). The van der Waals surface area contributed by atoms with Crippen molar-refractivity contribution in [2.24, 2.45) is 22.7 Å². The van der Waals surface area contributed by atoms with E-state index in [2.05, 4.69) is 33.0 Å². The third-order valence-corrected chi connectivity index (χ3v) is 5.76. The smallest absolute Gasteiger partial charge is 0.0471 e. The van der Waals surface area contributed by atoms with Gasteiger partial charge in [-0.1, -0.05) is 27.7 Å². The van der Waals surface area contributed by atoms with Gasteiger partial charge in [-0.05, 0) is 67.7 Å². The van der Waals surface area contributed by atoms with Crippen molar-refractivity contribution in [3.63, 3.8) is 0 Å². The molecule has 2 nitrogen and oxygen atoms in total. The summed E-state index contributed by atoms with van der Waals surface area (Å²) in [4.78, 5) is 0. The van der Waals surface area contributed by atoms with E-state index in [4.69, 9.17) is 4.74 Å². The summed E-state index contributed by atoms with van der Waals surface area (Å²) >= 11 is 0. The molecule has 1 saturated carbocycles. The normalized spacial score (nSPS) is 31.2. The molecule has 0 aromatic rings. The van der Waals surface area contributed by atoms with Crippen molar-refractivity contribution in [2.45, 2.75) is 66.2 Å². The third kappa shape index (κ3) is 4.73. The van der Waals surface area contributed by atoms with E-state index in [1.54, 1.807) is 0 Å². The molecule has 20 heavy (non-hydrogen) atoms. The summed E-state index contributed by atoms with van der Waals surface area (Å²) in [6, 6.07) is 0. The molecule has 1 aliphatic carbocycles. The van der Waals surface area contributed by atoms with Gasteiger partial charge in [0.15, 0.2) is 0 Å². The van der Waals surface area contributed by atoms with E-state index in [1.165, 1.54) is 51.6 Å². The lowest BCUT2D eigenvalue weighted by Crippen LogP contribution is -2.39. The van der Waals surface area contributed by atoms with Crippen molar-refractivity contribution in [3.05, 3.63) is 0 Å². The van der Waals surface area contributed by atoms with Crippen molar-refractivity contribution in [1.29, 1.82) is 0 Å². The fourth-order valence-electron chi connectivity index (χ4n) is 3.85. The summed E-state index contributed by atoms with van der Waals surface area (Å²) in [6.45, 7) is 13.9. The molecule has 118 valence electrons. The van der Waals surface area contributed by atoms with Crippen molar-refractivity contribution >= 4 is 0 Å². The van der Waals surface area contributed by atoms with Crippen LogP contribution in [0.5, 0.6) is 0 Å². The highest BCUT2D eigenvalue weighted by molar-refractivity contribution is 4.83. The van der Waals surface area contributed by atoms with Crippen molar-refractivity contribution in [3.8, 4) is 0 Å². The minimum Gasteiger partial charge on any atom is -0.381 e. The van der Waals surface area contributed by atoms with Gasteiger partial charge in [0, 0.05) is 19.8 Å². The van der Waals surface area contributed by atoms with Crippen LogP contribution >= 0.6 is 0 Å². The molecular weight excluding hydrogens is 246 g/mol. The van der Waals surface area contributed by atoms with E-state index in [1.807, 2.05) is 0 Å². The van der Waals surface area contributed by atoms with Crippen LogP contribution in [0.4, 0.5) is 0 Å². The van der Waals surface area contributed by atoms with Crippen LogP contribution in [0, 0.1) is 22.7 Å². The van der Waals surface area contributed by atoms with Crippen LogP contribution in [0.15, 0.2) is 0 Å². The quantitative estimate of drug-likeness (QED) is 0.832. The van der Waals surface area contributed by atoms with Crippen molar-refractivity contribution < 1.29 is 4.74 Å². The molecule has 0 atom stereocenters. The molecule has 2 fully saturated rings. The number of nitrogens with one attached hydrogen (secondary N) is 1. The van der Waals surface area contributed by atoms with Gasteiger partial charge in [-0.3, -0.25) is 0 Å². The van der Waals surface area contributed by atoms with E-state index in [0.717, 1.165) is 25.0 Å². The first kappa shape index (κ1) is 16.3. The maximum absolute atomic E-state index is 5.48. The molecule has 1 aliphatic heterocycles. The lowest BCUT2D eigenvalue weighted by molar-refractivity contribution is 0.0233. The zero-order valence-electron chi connectivity index (χ0n) is 14.1. The monoisotopic (exact) mass is 281 g/mol. The molecular formula is C18H35NO.